The number of rotatable bonds is 14. The van der Waals surface area contributed by atoms with Crippen molar-refractivity contribution in [3.05, 3.63) is 143 Å². The Labute approximate surface area is 273 Å². The smallest absolute Gasteiger partial charge is 0.248 e. The molecule has 0 fully saturated rings. The number of ether oxygens (including phenoxy) is 2. The van der Waals surface area contributed by atoms with Crippen LogP contribution in [0, 0.1) is 18.3 Å². The molecule has 0 bridgehead atoms. The fourth-order valence-corrected chi connectivity index (χ4v) is 5.47. The minimum absolute atomic E-state index is 0.303. The molecule has 0 aliphatic heterocycles. The molecule has 0 unspecified atom stereocenters. The third kappa shape index (κ3) is 8.58. The number of carbonyl (C=O) groups excluding carboxylic acids is 1. The fraction of sp³-hybridized carbons (Fsp3) is 0.162. The van der Waals surface area contributed by atoms with Gasteiger partial charge in [-0.15, -0.1) is 0 Å². The van der Waals surface area contributed by atoms with Crippen molar-refractivity contribution < 1.29 is 14.3 Å². The minimum Gasteiger partial charge on any atom is -0.493 e. The standard InChI is InChI=1S/C37H35N5O3S/c1-26-35(41-46-2)6-3-7-36(26)42(24-29-10-8-27(22-38)9-11-29)25-30-12-14-32(15-13-30)45-34-20-31(37(39)43)19-33(21-34)44-18-16-28-5-4-17-40-23-28/h3-15,17,19-21,23,41H,16,18,24-25H2,1-2H3,(H2,39,43). The highest BCUT2D eigenvalue weighted by molar-refractivity contribution is 7.99. The molecule has 5 rings (SSSR count). The molecule has 4 aromatic carbocycles. The molecule has 3 N–H and O–H groups in total. The van der Waals surface area contributed by atoms with E-state index >= 15 is 0 Å². The predicted octanol–water partition coefficient (Wildman–Crippen LogP) is 7.67. The number of anilines is 2. The second kappa shape index (κ2) is 15.5. The van der Waals surface area contributed by atoms with Crippen LogP contribution in [0.15, 0.2) is 109 Å². The van der Waals surface area contributed by atoms with Crippen LogP contribution < -0.4 is 24.8 Å². The van der Waals surface area contributed by atoms with E-state index < -0.39 is 5.91 Å². The fourth-order valence-electron chi connectivity index (χ4n) is 5.03. The van der Waals surface area contributed by atoms with E-state index in [2.05, 4.69) is 45.8 Å². The second-order valence-electron chi connectivity index (χ2n) is 10.7. The molecule has 9 heteroatoms. The first kappa shape index (κ1) is 31.9. The lowest BCUT2D eigenvalue weighted by atomic mass is 10.1. The zero-order chi connectivity index (χ0) is 32.3. The zero-order valence-corrected chi connectivity index (χ0v) is 26.6. The number of hydrogen-bond donors (Lipinski definition) is 2. The number of pyridine rings is 1. The van der Waals surface area contributed by atoms with Crippen LogP contribution in [0.4, 0.5) is 11.4 Å². The maximum Gasteiger partial charge on any atom is 0.248 e. The first-order valence-corrected chi connectivity index (χ1v) is 16.0. The number of nitrogens with one attached hydrogen (secondary N) is 1. The summed E-state index contributed by atoms with van der Waals surface area (Å²) >= 11 is 1.56. The molecule has 0 aliphatic rings. The molecule has 1 amide bonds. The Morgan fingerprint density at radius 3 is 2.28 bits per heavy atom. The summed E-state index contributed by atoms with van der Waals surface area (Å²) in [6.45, 7) is 3.84. The van der Waals surface area contributed by atoms with Crippen molar-refractivity contribution in [3.8, 4) is 23.3 Å². The normalized spacial score (nSPS) is 10.5. The van der Waals surface area contributed by atoms with Crippen molar-refractivity contribution in [2.24, 2.45) is 5.73 Å². The number of amides is 1. The van der Waals surface area contributed by atoms with E-state index in [1.165, 1.54) is 0 Å². The van der Waals surface area contributed by atoms with Gasteiger partial charge in [-0.1, -0.05) is 48.3 Å². The first-order valence-electron chi connectivity index (χ1n) is 14.8. The molecule has 46 heavy (non-hydrogen) atoms. The maximum atomic E-state index is 12.0. The summed E-state index contributed by atoms with van der Waals surface area (Å²) in [5.74, 6) is 1.01. The van der Waals surface area contributed by atoms with E-state index in [4.69, 9.17) is 15.2 Å². The lowest BCUT2D eigenvalue weighted by molar-refractivity contribution is 0.0999. The van der Waals surface area contributed by atoms with E-state index in [9.17, 15) is 10.1 Å². The summed E-state index contributed by atoms with van der Waals surface area (Å²) < 4.78 is 15.5. The summed E-state index contributed by atoms with van der Waals surface area (Å²) in [6, 6.07) is 32.9. The lowest BCUT2D eigenvalue weighted by Crippen LogP contribution is -2.23. The van der Waals surface area contributed by atoms with Gasteiger partial charge in [0, 0.05) is 61.2 Å². The second-order valence-corrected chi connectivity index (χ2v) is 11.3. The van der Waals surface area contributed by atoms with Crippen molar-refractivity contribution >= 4 is 29.2 Å². The van der Waals surface area contributed by atoms with Gasteiger partial charge in [0.25, 0.3) is 0 Å². The summed E-state index contributed by atoms with van der Waals surface area (Å²) in [5.41, 5.74) is 13.1. The molecule has 0 saturated carbocycles. The van der Waals surface area contributed by atoms with Gasteiger partial charge < -0.3 is 24.8 Å². The number of carbonyl (C=O) groups is 1. The quantitative estimate of drug-likeness (QED) is 0.120. The van der Waals surface area contributed by atoms with Gasteiger partial charge >= 0.3 is 0 Å². The number of benzene rings is 4. The Hall–Kier alpha value is -5.46. The predicted molar refractivity (Wildman–Crippen MR) is 184 cm³/mol. The van der Waals surface area contributed by atoms with Gasteiger partial charge in [-0.05, 0) is 83.8 Å². The molecule has 1 aromatic heterocycles. The summed E-state index contributed by atoms with van der Waals surface area (Å²) in [7, 11) is 0. The number of nitriles is 1. The van der Waals surface area contributed by atoms with Gasteiger partial charge in [-0.2, -0.15) is 5.26 Å². The van der Waals surface area contributed by atoms with Crippen LogP contribution in [-0.4, -0.2) is 23.8 Å². The van der Waals surface area contributed by atoms with Crippen molar-refractivity contribution in [3.63, 3.8) is 0 Å². The number of aromatic nitrogens is 1. The number of primary amides is 1. The Morgan fingerprint density at radius 2 is 1.63 bits per heavy atom. The molecule has 0 aliphatic carbocycles. The van der Waals surface area contributed by atoms with Crippen molar-refractivity contribution in [2.75, 3.05) is 22.5 Å². The van der Waals surface area contributed by atoms with Gasteiger partial charge in [0.05, 0.1) is 18.2 Å². The lowest BCUT2D eigenvalue weighted by Gasteiger charge is -2.28. The van der Waals surface area contributed by atoms with E-state index in [0.717, 1.165) is 33.6 Å². The van der Waals surface area contributed by atoms with Crippen molar-refractivity contribution in [2.45, 2.75) is 26.4 Å². The Bertz CT molecular complexity index is 1810. The average molecular weight is 630 g/mol. The number of hydrogen-bond acceptors (Lipinski definition) is 8. The van der Waals surface area contributed by atoms with Gasteiger partial charge in [0.1, 0.15) is 17.2 Å². The Balaban J connectivity index is 1.32. The SMILES string of the molecule is CSNc1cccc(N(Cc2ccc(C#N)cc2)Cc2ccc(Oc3cc(OCCc4cccnc4)cc(C(N)=O)c3)cc2)c1C. The molecule has 232 valence electrons. The van der Waals surface area contributed by atoms with E-state index in [1.54, 1.807) is 42.5 Å². The van der Waals surface area contributed by atoms with Gasteiger partial charge in [-0.25, -0.2) is 0 Å². The maximum absolute atomic E-state index is 12.0. The summed E-state index contributed by atoms with van der Waals surface area (Å²) in [4.78, 5) is 18.5. The Kier molecular flexibility index (Phi) is 10.8. The molecule has 0 radical (unpaired) electrons. The van der Waals surface area contributed by atoms with Gasteiger partial charge in [0.2, 0.25) is 5.91 Å². The molecule has 5 aromatic rings. The zero-order valence-electron chi connectivity index (χ0n) is 25.8. The van der Waals surface area contributed by atoms with E-state index in [0.29, 0.717) is 54.5 Å². The van der Waals surface area contributed by atoms with Crippen molar-refractivity contribution in [1.29, 1.82) is 5.26 Å². The van der Waals surface area contributed by atoms with Gasteiger partial charge in [0.15, 0.2) is 0 Å². The number of nitrogens with zero attached hydrogens (tertiary/aromatic N) is 3. The molecule has 1 heterocycles. The highest BCUT2D eigenvalue weighted by atomic mass is 32.2. The highest BCUT2D eigenvalue weighted by Crippen LogP contribution is 2.32. The third-order valence-corrected chi connectivity index (χ3v) is 7.82. The molecule has 0 saturated heterocycles. The first-order chi connectivity index (χ1) is 22.4. The van der Waals surface area contributed by atoms with Crippen LogP contribution in [0.1, 0.15) is 38.2 Å². The van der Waals surface area contributed by atoms with Gasteiger partial charge in [-0.3, -0.25) is 9.78 Å². The molecule has 0 atom stereocenters. The average Bonchev–Trinajstić information content (AvgIpc) is 3.07. The number of nitrogens with two attached hydrogens (primary N) is 1. The van der Waals surface area contributed by atoms with Crippen LogP contribution in [0.25, 0.3) is 0 Å². The van der Waals surface area contributed by atoms with Crippen LogP contribution in [-0.2, 0) is 19.5 Å². The van der Waals surface area contributed by atoms with Crippen LogP contribution in [0.5, 0.6) is 17.2 Å². The monoisotopic (exact) mass is 629 g/mol. The molecule has 8 nitrogen and oxygen atoms in total. The third-order valence-electron chi connectivity index (χ3n) is 7.39. The molecular formula is C37H35N5O3S. The topological polar surface area (TPSA) is 114 Å². The minimum atomic E-state index is -0.563. The molecule has 0 spiro atoms. The summed E-state index contributed by atoms with van der Waals surface area (Å²) in [6.07, 6.45) is 6.21. The highest BCUT2D eigenvalue weighted by Gasteiger charge is 2.15. The summed E-state index contributed by atoms with van der Waals surface area (Å²) in [5, 5.41) is 9.23. The van der Waals surface area contributed by atoms with Crippen molar-refractivity contribution in [1.82, 2.24) is 4.98 Å². The van der Waals surface area contributed by atoms with Crippen LogP contribution >= 0.6 is 11.9 Å². The van der Waals surface area contributed by atoms with E-state index in [-0.39, 0.29) is 0 Å². The van der Waals surface area contributed by atoms with Crippen LogP contribution in [0.3, 0.4) is 0 Å². The largest absolute Gasteiger partial charge is 0.493 e. The Morgan fingerprint density at radius 1 is 0.913 bits per heavy atom. The van der Waals surface area contributed by atoms with E-state index in [1.807, 2.05) is 66.9 Å². The molecular weight excluding hydrogens is 595 g/mol. The van der Waals surface area contributed by atoms with Crippen LogP contribution in [0.2, 0.25) is 0 Å².